The topological polar surface area (TPSA) is 55.9 Å². The van der Waals surface area contributed by atoms with Crippen molar-refractivity contribution in [3.05, 3.63) is 35.0 Å². The zero-order valence-corrected chi connectivity index (χ0v) is 11.2. The van der Waals surface area contributed by atoms with Gasteiger partial charge in [-0.1, -0.05) is 12.1 Å². The fourth-order valence-corrected chi connectivity index (χ4v) is 2.01. The SMILES string of the molecule is CCCNCc1c(C)nn(Cc2cnoc2)c1C. The molecular formula is C13H20N4O. The fourth-order valence-electron chi connectivity index (χ4n) is 2.01. The minimum Gasteiger partial charge on any atom is -0.364 e. The minimum atomic E-state index is 0.712. The first-order valence-corrected chi connectivity index (χ1v) is 6.34. The minimum absolute atomic E-state index is 0.712. The second-order valence-electron chi connectivity index (χ2n) is 4.52. The van der Waals surface area contributed by atoms with E-state index in [0.717, 1.165) is 30.8 Å². The zero-order valence-electron chi connectivity index (χ0n) is 11.2. The number of aryl methyl sites for hydroxylation is 1. The van der Waals surface area contributed by atoms with Crippen molar-refractivity contribution in [2.24, 2.45) is 0 Å². The lowest BCUT2D eigenvalue weighted by Gasteiger charge is -2.05. The summed E-state index contributed by atoms with van der Waals surface area (Å²) in [7, 11) is 0. The fraction of sp³-hybridized carbons (Fsp3) is 0.538. The second-order valence-corrected chi connectivity index (χ2v) is 4.52. The Hall–Kier alpha value is -1.62. The van der Waals surface area contributed by atoms with Gasteiger partial charge in [-0.2, -0.15) is 5.10 Å². The molecule has 2 aromatic rings. The van der Waals surface area contributed by atoms with Crippen molar-refractivity contribution in [2.75, 3.05) is 6.54 Å². The summed E-state index contributed by atoms with van der Waals surface area (Å²) < 4.78 is 6.84. The summed E-state index contributed by atoms with van der Waals surface area (Å²) >= 11 is 0. The first-order chi connectivity index (χ1) is 8.72. The van der Waals surface area contributed by atoms with Gasteiger partial charge in [-0.25, -0.2) is 0 Å². The summed E-state index contributed by atoms with van der Waals surface area (Å²) in [5.74, 6) is 0. The van der Waals surface area contributed by atoms with Crippen LogP contribution in [0.25, 0.3) is 0 Å². The van der Waals surface area contributed by atoms with Gasteiger partial charge in [0.1, 0.15) is 6.26 Å². The highest BCUT2D eigenvalue weighted by atomic mass is 16.5. The highest BCUT2D eigenvalue weighted by Gasteiger charge is 2.11. The van der Waals surface area contributed by atoms with Crippen LogP contribution < -0.4 is 5.32 Å². The largest absolute Gasteiger partial charge is 0.364 e. The zero-order chi connectivity index (χ0) is 13.0. The number of nitrogens with zero attached hydrogens (tertiary/aromatic N) is 3. The van der Waals surface area contributed by atoms with Crippen molar-refractivity contribution in [3.63, 3.8) is 0 Å². The highest BCUT2D eigenvalue weighted by Crippen LogP contribution is 2.14. The van der Waals surface area contributed by atoms with E-state index >= 15 is 0 Å². The molecule has 1 N–H and O–H groups in total. The molecule has 0 spiro atoms. The Morgan fingerprint density at radius 3 is 2.89 bits per heavy atom. The molecule has 0 bridgehead atoms. The van der Waals surface area contributed by atoms with E-state index in [1.807, 2.05) is 4.68 Å². The number of hydrogen-bond donors (Lipinski definition) is 1. The van der Waals surface area contributed by atoms with E-state index < -0.39 is 0 Å². The lowest BCUT2D eigenvalue weighted by molar-refractivity contribution is 0.418. The molecule has 2 rings (SSSR count). The van der Waals surface area contributed by atoms with E-state index in [-0.39, 0.29) is 0 Å². The second kappa shape index (κ2) is 5.82. The van der Waals surface area contributed by atoms with Gasteiger partial charge in [0.2, 0.25) is 0 Å². The van der Waals surface area contributed by atoms with Crippen molar-refractivity contribution >= 4 is 0 Å². The number of rotatable bonds is 6. The smallest absolute Gasteiger partial charge is 0.128 e. The van der Waals surface area contributed by atoms with Crippen LogP contribution in [0.15, 0.2) is 17.0 Å². The Labute approximate surface area is 107 Å². The lowest BCUT2D eigenvalue weighted by Crippen LogP contribution is -2.15. The van der Waals surface area contributed by atoms with Crippen LogP contribution in [0.3, 0.4) is 0 Å². The Morgan fingerprint density at radius 1 is 1.39 bits per heavy atom. The van der Waals surface area contributed by atoms with Crippen molar-refractivity contribution in [2.45, 2.75) is 40.3 Å². The first-order valence-electron chi connectivity index (χ1n) is 6.34. The van der Waals surface area contributed by atoms with Crippen LogP contribution in [-0.4, -0.2) is 21.5 Å². The molecule has 0 aliphatic rings. The quantitative estimate of drug-likeness (QED) is 0.795. The van der Waals surface area contributed by atoms with Gasteiger partial charge >= 0.3 is 0 Å². The average Bonchev–Trinajstić information content (AvgIpc) is 2.93. The number of hydrogen-bond acceptors (Lipinski definition) is 4. The van der Waals surface area contributed by atoms with Crippen molar-refractivity contribution < 1.29 is 4.52 Å². The van der Waals surface area contributed by atoms with E-state index in [0.29, 0.717) is 6.54 Å². The maximum atomic E-state index is 4.84. The molecule has 0 fully saturated rings. The van der Waals surface area contributed by atoms with Crippen LogP contribution >= 0.6 is 0 Å². The number of aromatic nitrogens is 3. The van der Waals surface area contributed by atoms with Crippen molar-refractivity contribution in [1.29, 1.82) is 0 Å². The Balaban J connectivity index is 2.10. The van der Waals surface area contributed by atoms with Gasteiger partial charge in [0.05, 0.1) is 18.4 Å². The summed E-state index contributed by atoms with van der Waals surface area (Å²) in [5.41, 5.74) is 4.62. The monoisotopic (exact) mass is 248 g/mol. The number of nitrogens with one attached hydrogen (secondary N) is 1. The Morgan fingerprint density at radius 2 is 2.22 bits per heavy atom. The van der Waals surface area contributed by atoms with E-state index in [2.05, 4.69) is 36.3 Å². The van der Waals surface area contributed by atoms with Crippen LogP contribution in [0, 0.1) is 13.8 Å². The van der Waals surface area contributed by atoms with Gasteiger partial charge in [0, 0.05) is 23.4 Å². The summed E-state index contributed by atoms with van der Waals surface area (Å²) in [6.07, 6.45) is 4.53. The molecule has 0 atom stereocenters. The molecular weight excluding hydrogens is 228 g/mol. The van der Waals surface area contributed by atoms with Gasteiger partial charge < -0.3 is 9.84 Å². The molecule has 2 aromatic heterocycles. The Bertz CT molecular complexity index is 487. The van der Waals surface area contributed by atoms with Gasteiger partial charge in [0.25, 0.3) is 0 Å². The lowest BCUT2D eigenvalue weighted by atomic mass is 10.2. The molecule has 18 heavy (non-hydrogen) atoms. The van der Waals surface area contributed by atoms with E-state index in [4.69, 9.17) is 4.52 Å². The predicted molar refractivity (Wildman–Crippen MR) is 69.3 cm³/mol. The third-order valence-corrected chi connectivity index (χ3v) is 3.08. The van der Waals surface area contributed by atoms with Crippen LogP contribution in [-0.2, 0) is 13.1 Å². The third kappa shape index (κ3) is 2.79. The summed E-state index contributed by atoms with van der Waals surface area (Å²) in [6.45, 7) is 8.97. The third-order valence-electron chi connectivity index (χ3n) is 3.08. The van der Waals surface area contributed by atoms with Gasteiger partial charge in [-0.05, 0) is 26.8 Å². The van der Waals surface area contributed by atoms with Crippen molar-refractivity contribution in [3.8, 4) is 0 Å². The first kappa shape index (κ1) is 12.8. The van der Waals surface area contributed by atoms with Gasteiger partial charge in [-0.15, -0.1) is 0 Å². The highest BCUT2D eigenvalue weighted by molar-refractivity contribution is 5.25. The molecule has 0 amide bonds. The van der Waals surface area contributed by atoms with Crippen LogP contribution in [0.4, 0.5) is 0 Å². The molecule has 2 heterocycles. The van der Waals surface area contributed by atoms with E-state index in [1.165, 1.54) is 11.3 Å². The molecule has 0 radical (unpaired) electrons. The van der Waals surface area contributed by atoms with Crippen LogP contribution in [0.5, 0.6) is 0 Å². The van der Waals surface area contributed by atoms with Crippen LogP contribution in [0.1, 0.15) is 35.9 Å². The standard InChI is InChI=1S/C13H20N4O/c1-4-5-14-7-13-10(2)16-17(11(13)3)8-12-6-15-18-9-12/h6,9,14H,4-5,7-8H2,1-3H3. The molecule has 0 unspecified atom stereocenters. The summed E-state index contributed by atoms with van der Waals surface area (Å²) in [5, 5.41) is 11.7. The van der Waals surface area contributed by atoms with E-state index in [9.17, 15) is 0 Å². The maximum Gasteiger partial charge on any atom is 0.128 e. The van der Waals surface area contributed by atoms with E-state index in [1.54, 1.807) is 12.5 Å². The van der Waals surface area contributed by atoms with Crippen molar-refractivity contribution in [1.82, 2.24) is 20.3 Å². The molecule has 0 saturated carbocycles. The van der Waals surface area contributed by atoms with Gasteiger partial charge in [-0.3, -0.25) is 4.68 Å². The summed E-state index contributed by atoms with van der Waals surface area (Å²) in [4.78, 5) is 0. The maximum absolute atomic E-state index is 4.84. The molecule has 0 aliphatic carbocycles. The summed E-state index contributed by atoms with van der Waals surface area (Å²) in [6, 6.07) is 0. The average molecular weight is 248 g/mol. The normalized spacial score (nSPS) is 11.1. The molecule has 0 aromatic carbocycles. The van der Waals surface area contributed by atoms with Gasteiger partial charge in [0.15, 0.2) is 0 Å². The molecule has 5 heteroatoms. The molecule has 5 nitrogen and oxygen atoms in total. The van der Waals surface area contributed by atoms with Crippen LogP contribution in [0.2, 0.25) is 0 Å². The molecule has 98 valence electrons. The predicted octanol–water partition coefficient (Wildman–Crippen LogP) is 2.04. The molecule has 0 saturated heterocycles. The molecule has 0 aliphatic heterocycles. The Kier molecular flexibility index (Phi) is 4.15.